The van der Waals surface area contributed by atoms with Crippen molar-refractivity contribution in [3.63, 3.8) is 0 Å². The second-order valence-corrected chi connectivity index (χ2v) is 5.49. The molecule has 1 heterocycles. The van der Waals surface area contributed by atoms with Crippen LogP contribution in [-0.2, 0) is 6.54 Å². The Kier molecular flexibility index (Phi) is 3.93. The van der Waals surface area contributed by atoms with Crippen molar-refractivity contribution in [1.29, 1.82) is 0 Å². The van der Waals surface area contributed by atoms with Gasteiger partial charge in [-0.25, -0.2) is 4.98 Å². The van der Waals surface area contributed by atoms with E-state index in [0.29, 0.717) is 28.8 Å². The van der Waals surface area contributed by atoms with E-state index in [1.165, 1.54) is 0 Å². The molecule has 0 spiro atoms. The number of aromatic nitrogens is 2. The van der Waals surface area contributed by atoms with Crippen molar-refractivity contribution in [2.24, 2.45) is 0 Å². The number of H-pyrrole nitrogens is 1. The zero-order chi connectivity index (χ0) is 16.4. The quantitative estimate of drug-likeness (QED) is 0.726. The Morgan fingerprint density at radius 1 is 1.17 bits per heavy atom. The predicted octanol–water partition coefficient (Wildman–Crippen LogP) is 3.05. The lowest BCUT2D eigenvalue weighted by molar-refractivity contribution is 0.101. The third-order valence-corrected chi connectivity index (χ3v) is 3.68. The molecule has 0 amide bonds. The molecule has 0 aliphatic rings. The summed E-state index contributed by atoms with van der Waals surface area (Å²) in [7, 11) is 0. The number of carbonyl (C=O) groups excluding carboxylic acids is 1. The number of rotatable bonds is 4. The van der Waals surface area contributed by atoms with E-state index in [9.17, 15) is 9.59 Å². The lowest BCUT2D eigenvalue weighted by Crippen LogP contribution is -2.10. The third-order valence-electron chi connectivity index (χ3n) is 3.68. The van der Waals surface area contributed by atoms with Crippen molar-refractivity contribution in [3.8, 4) is 0 Å². The fraction of sp³-hybridized carbons (Fsp3) is 0.167. The van der Waals surface area contributed by atoms with Crippen molar-refractivity contribution in [2.45, 2.75) is 20.4 Å². The summed E-state index contributed by atoms with van der Waals surface area (Å²) in [5.41, 5.74) is 3.16. The SMILES string of the molecule is CC(=O)c1ccc(CNc2ccc3nc(C)[nH]c(=O)c3c2)cc1. The molecule has 0 radical (unpaired) electrons. The number of ketones is 1. The average Bonchev–Trinajstić information content (AvgIpc) is 2.53. The van der Waals surface area contributed by atoms with E-state index in [0.717, 1.165) is 11.3 Å². The van der Waals surface area contributed by atoms with Gasteiger partial charge in [0.2, 0.25) is 0 Å². The van der Waals surface area contributed by atoms with Gasteiger partial charge in [0, 0.05) is 17.8 Å². The maximum Gasteiger partial charge on any atom is 0.258 e. The normalized spacial score (nSPS) is 10.7. The minimum Gasteiger partial charge on any atom is -0.381 e. The molecule has 0 unspecified atom stereocenters. The van der Waals surface area contributed by atoms with Gasteiger partial charge in [-0.1, -0.05) is 24.3 Å². The number of anilines is 1. The Hall–Kier alpha value is -2.95. The molecular formula is C18H17N3O2. The topological polar surface area (TPSA) is 74.8 Å². The molecule has 5 nitrogen and oxygen atoms in total. The van der Waals surface area contributed by atoms with Gasteiger partial charge in [0.05, 0.1) is 10.9 Å². The smallest absolute Gasteiger partial charge is 0.258 e. The summed E-state index contributed by atoms with van der Waals surface area (Å²) >= 11 is 0. The Morgan fingerprint density at radius 3 is 2.61 bits per heavy atom. The molecule has 0 saturated carbocycles. The lowest BCUT2D eigenvalue weighted by atomic mass is 10.1. The first-order valence-electron chi connectivity index (χ1n) is 7.37. The molecule has 0 aliphatic heterocycles. The van der Waals surface area contributed by atoms with Gasteiger partial charge >= 0.3 is 0 Å². The first kappa shape index (κ1) is 15.0. The van der Waals surface area contributed by atoms with Crippen molar-refractivity contribution in [3.05, 3.63) is 69.8 Å². The predicted molar refractivity (Wildman–Crippen MR) is 90.9 cm³/mol. The molecule has 2 aromatic carbocycles. The second-order valence-electron chi connectivity index (χ2n) is 5.49. The molecule has 23 heavy (non-hydrogen) atoms. The fourth-order valence-corrected chi connectivity index (χ4v) is 2.43. The van der Waals surface area contributed by atoms with Gasteiger partial charge in [0.15, 0.2) is 5.78 Å². The van der Waals surface area contributed by atoms with Crippen LogP contribution in [0, 0.1) is 6.92 Å². The number of hydrogen-bond acceptors (Lipinski definition) is 4. The van der Waals surface area contributed by atoms with Crippen molar-refractivity contribution < 1.29 is 4.79 Å². The van der Waals surface area contributed by atoms with E-state index in [1.807, 2.05) is 36.4 Å². The Morgan fingerprint density at radius 2 is 1.91 bits per heavy atom. The number of fused-ring (bicyclic) bond motifs is 1. The summed E-state index contributed by atoms with van der Waals surface area (Å²) in [6.45, 7) is 3.92. The highest BCUT2D eigenvalue weighted by Gasteiger charge is 2.04. The first-order valence-corrected chi connectivity index (χ1v) is 7.37. The largest absolute Gasteiger partial charge is 0.381 e. The van der Waals surface area contributed by atoms with Crippen LogP contribution in [0.5, 0.6) is 0 Å². The van der Waals surface area contributed by atoms with Crippen LogP contribution in [0.4, 0.5) is 5.69 Å². The van der Waals surface area contributed by atoms with E-state index in [4.69, 9.17) is 0 Å². The molecule has 5 heteroatoms. The molecule has 0 aliphatic carbocycles. The number of aryl methyl sites for hydroxylation is 1. The van der Waals surface area contributed by atoms with Crippen LogP contribution >= 0.6 is 0 Å². The van der Waals surface area contributed by atoms with Gasteiger partial charge in [0.1, 0.15) is 5.82 Å². The van der Waals surface area contributed by atoms with Gasteiger partial charge in [-0.15, -0.1) is 0 Å². The lowest BCUT2D eigenvalue weighted by Gasteiger charge is -2.08. The molecule has 0 saturated heterocycles. The Balaban J connectivity index is 1.79. The number of Topliss-reactive ketones (excluding diaryl/α,β-unsaturated/α-hetero) is 1. The van der Waals surface area contributed by atoms with Crippen LogP contribution in [0.2, 0.25) is 0 Å². The maximum atomic E-state index is 12.0. The second kappa shape index (κ2) is 6.04. The number of benzene rings is 2. The number of nitrogens with one attached hydrogen (secondary N) is 2. The fourth-order valence-electron chi connectivity index (χ4n) is 2.43. The van der Waals surface area contributed by atoms with Gasteiger partial charge in [-0.2, -0.15) is 0 Å². The Bertz CT molecular complexity index is 927. The summed E-state index contributed by atoms with van der Waals surface area (Å²) in [6.07, 6.45) is 0. The first-order chi connectivity index (χ1) is 11.0. The average molecular weight is 307 g/mol. The zero-order valence-electron chi connectivity index (χ0n) is 13.0. The van der Waals surface area contributed by atoms with Crippen molar-refractivity contribution >= 4 is 22.4 Å². The van der Waals surface area contributed by atoms with E-state index >= 15 is 0 Å². The van der Waals surface area contributed by atoms with Crippen molar-refractivity contribution in [1.82, 2.24) is 9.97 Å². The standard InChI is InChI=1S/C18H17N3O2/c1-11(22)14-5-3-13(4-6-14)10-19-15-7-8-17-16(9-15)18(23)21-12(2)20-17/h3-9,19H,10H2,1-2H3,(H,20,21,23). The summed E-state index contributed by atoms with van der Waals surface area (Å²) < 4.78 is 0. The van der Waals surface area contributed by atoms with Crippen LogP contribution in [0.15, 0.2) is 47.3 Å². The van der Waals surface area contributed by atoms with Crippen LogP contribution in [0.1, 0.15) is 28.7 Å². The van der Waals surface area contributed by atoms with Crippen molar-refractivity contribution in [2.75, 3.05) is 5.32 Å². The van der Waals surface area contributed by atoms with Crippen LogP contribution in [0.25, 0.3) is 10.9 Å². The van der Waals surface area contributed by atoms with Gasteiger partial charge in [0.25, 0.3) is 5.56 Å². The maximum absolute atomic E-state index is 12.0. The highest BCUT2D eigenvalue weighted by Crippen LogP contribution is 2.16. The number of carbonyl (C=O) groups is 1. The van der Waals surface area contributed by atoms with E-state index < -0.39 is 0 Å². The number of aromatic amines is 1. The summed E-state index contributed by atoms with van der Waals surface area (Å²) in [5.74, 6) is 0.662. The molecule has 0 fully saturated rings. The Labute approximate surface area is 133 Å². The number of nitrogens with zero attached hydrogens (tertiary/aromatic N) is 1. The highest BCUT2D eigenvalue weighted by atomic mass is 16.1. The molecular weight excluding hydrogens is 290 g/mol. The van der Waals surface area contributed by atoms with Crippen LogP contribution in [0.3, 0.4) is 0 Å². The molecule has 116 valence electrons. The van der Waals surface area contributed by atoms with Gasteiger partial charge < -0.3 is 10.3 Å². The zero-order valence-corrected chi connectivity index (χ0v) is 13.0. The molecule has 0 atom stereocenters. The van der Waals surface area contributed by atoms with Gasteiger partial charge in [-0.05, 0) is 37.6 Å². The van der Waals surface area contributed by atoms with E-state index in [1.54, 1.807) is 19.9 Å². The van der Waals surface area contributed by atoms with E-state index in [2.05, 4.69) is 15.3 Å². The van der Waals surface area contributed by atoms with E-state index in [-0.39, 0.29) is 11.3 Å². The molecule has 3 rings (SSSR count). The number of hydrogen-bond donors (Lipinski definition) is 2. The summed E-state index contributed by atoms with van der Waals surface area (Å²) in [4.78, 5) is 30.2. The molecule has 2 N–H and O–H groups in total. The molecule has 0 bridgehead atoms. The minimum atomic E-state index is -0.137. The molecule has 3 aromatic rings. The minimum absolute atomic E-state index is 0.0565. The summed E-state index contributed by atoms with van der Waals surface area (Å²) in [6, 6.07) is 13.0. The van der Waals surface area contributed by atoms with Crippen LogP contribution in [-0.4, -0.2) is 15.8 Å². The third kappa shape index (κ3) is 3.29. The monoisotopic (exact) mass is 307 g/mol. The summed E-state index contributed by atoms with van der Waals surface area (Å²) in [5, 5.41) is 3.84. The van der Waals surface area contributed by atoms with Gasteiger partial charge in [-0.3, -0.25) is 9.59 Å². The molecule has 1 aromatic heterocycles. The highest BCUT2D eigenvalue weighted by molar-refractivity contribution is 5.94. The van der Waals surface area contributed by atoms with Crippen LogP contribution < -0.4 is 10.9 Å².